The van der Waals surface area contributed by atoms with Crippen LogP contribution in [-0.2, 0) is 12.8 Å². The van der Waals surface area contributed by atoms with E-state index in [2.05, 4.69) is 56.3 Å². The monoisotopic (exact) mass is 295 g/mol. The molecule has 2 aromatic rings. The van der Waals surface area contributed by atoms with Gasteiger partial charge >= 0.3 is 0 Å². The van der Waals surface area contributed by atoms with Crippen LogP contribution in [0.15, 0.2) is 47.5 Å². The van der Waals surface area contributed by atoms with Crippen molar-refractivity contribution in [2.24, 2.45) is 4.99 Å². The molecule has 1 aliphatic rings. The summed E-state index contributed by atoms with van der Waals surface area (Å²) in [4.78, 5) is 4.74. The molecule has 0 bridgehead atoms. The third kappa shape index (κ3) is 4.30. The molecule has 0 amide bonds. The Kier molecular flexibility index (Phi) is 7.59. The molecule has 1 heterocycles. The van der Waals surface area contributed by atoms with E-state index in [4.69, 9.17) is 4.99 Å². The van der Waals surface area contributed by atoms with Crippen molar-refractivity contribution in [1.82, 2.24) is 0 Å². The minimum absolute atomic E-state index is 0.965. The molecule has 0 aromatic heterocycles. The molecular formula is C21H29N. The van der Waals surface area contributed by atoms with Crippen LogP contribution in [0.3, 0.4) is 0 Å². The SMILES string of the molecule is CC.CC.CCc1ccc2c(c1)CC(c1ccc(C)cc1)=N2. The molecule has 0 N–H and O–H groups in total. The molecule has 0 saturated heterocycles. The number of hydrogen-bond donors (Lipinski definition) is 0. The normalized spacial score (nSPS) is 11.5. The van der Waals surface area contributed by atoms with E-state index in [9.17, 15) is 0 Å². The van der Waals surface area contributed by atoms with Crippen molar-refractivity contribution < 1.29 is 0 Å². The third-order valence-corrected chi connectivity index (χ3v) is 3.55. The maximum absolute atomic E-state index is 4.74. The molecule has 1 nitrogen and oxygen atoms in total. The van der Waals surface area contributed by atoms with Crippen LogP contribution in [0.2, 0.25) is 0 Å². The van der Waals surface area contributed by atoms with Gasteiger partial charge in [-0.15, -0.1) is 0 Å². The van der Waals surface area contributed by atoms with Crippen molar-refractivity contribution in [2.75, 3.05) is 0 Å². The van der Waals surface area contributed by atoms with E-state index >= 15 is 0 Å². The average molecular weight is 295 g/mol. The Morgan fingerprint density at radius 3 is 2.14 bits per heavy atom. The third-order valence-electron chi connectivity index (χ3n) is 3.55. The number of rotatable bonds is 2. The Bertz CT molecular complexity index is 606. The summed E-state index contributed by atoms with van der Waals surface area (Å²) in [6, 6.07) is 15.3. The maximum atomic E-state index is 4.74. The summed E-state index contributed by atoms with van der Waals surface area (Å²) < 4.78 is 0. The maximum Gasteiger partial charge on any atom is 0.0669 e. The van der Waals surface area contributed by atoms with Crippen LogP contribution in [0.5, 0.6) is 0 Å². The van der Waals surface area contributed by atoms with Crippen LogP contribution < -0.4 is 0 Å². The van der Waals surface area contributed by atoms with Gasteiger partial charge in [0.25, 0.3) is 0 Å². The molecule has 0 spiro atoms. The van der Waals surface area contributed by atoms with E-state index in [0.29, 0.717) is 0 Å². The van der Waals surface area contributed by atoms with Gasteiger partial charge < -0.3 is 0 Å². The number of hydrogen-bond acceptors (Lipinski definition) is 1. The summed E-state index contributed by atoms with van der Waals surface area (Å²) >= 11 is 0. The average Bonchev–Trinajstić information content (AvgIpc) is 3.02. The molecule has 0 unspecified atom stereocenters. The van der Waals surface area contributed by atoms with Gasteiger partial charge in [0.05, 0.1) is 11.4 Å². The number of fused-ring (bicyclic) bond motifs is 1. The fourth-order valence-corrected chi connectivity index (χ4v) is 2.39. The van der Waals surface area contributed by atoms with Crippen molar-refractivity contribution in [2.45, 2.75) is 54.4 Å². The molecule has 0 aliphatic carbocycles. The van der Waals surface area contributed by atoms with E-state index < -0.39 is 0 Å². The second-order valence-corrected chi connectivity index (χ2v) is 4.92. The summed E-state index contributed by atoms with van der Waals surface area (Å²) in [5.41, 5.74) is 7.64. The molecular weight excluding hydrogens is 266 g/mol. The molecule has 22 heavy (non-hydrogen) atoms. The van der Waals surface area contributed by atoms with Gasteiger partial charge in [0, 0.05) is 6.42 Å². The van der Waals surface area contributed by atoms with Crippen molar-refractivity contribution >= 4 is 11.4 Å². The van der Waals surface area contributed by atoms with Crippen molar-refractivity contribution in [3.63, 3.8) is 0 Å². The van der Waals surface area contributed by atoms with E-state index in [1.165, 1.54) is 28.0 Å². The Hall–Kier alpha value is -1.89. The summed E-state index contributed by atoms with van der Waals surface area (Å²) in [6.45, 7) is 12.3. The zero-order valence-electron chi connectivity index (χ0n) is 14.9. The minimum atomic E-state index is 0.965. The molecule has 118 valence electrons. The number of benzene rings is 2. The van der Waals surface area contributed by atoms with Gasteiger partial charge in [-0.2, -0.15) is 0 Å². The zero-order chi connectivity index (χ0) is 16.5. The van der Waals surface area contributed by atoms with Crippen LogP contribution in [0, 0.1) is 6.92 Å². The quantitative estimate of drug-likeness (QED) is 0.617. The second-order valence-electron chi connectivity index (χ2n) is 4.92. The molecule has 0 saturated carbocycles. The van der Waals surface area contributed by atoms with Gasteiger partial charge in [-0.1, -0.05) is 76.6 Å². The smallest absolute Gasteiger partial charge is 0.0669 e. The zero-order valence-corrected chi connectivity index (χ0v) is 14.9. The lowest BCUT2D eigenvalue weighted by atomic mass is 10.0. The first kappa shape index (κ1) is 18.2. The first-order chi connectivity index (χ1) is 10.8. The fraction of sp³-hybridized carbons (Fsp3) is 0.381. The summed E-state index contributed by atoms with van der Waals surface area (Å²) in [6.07, 6.45) is 2.05. The molecule has 0 fully saturated rings. The molecule has 3 rings (SSSR count). The Morgan fingerprint density at radius 1 is 0.909 bits per heavy atom. The first-order valence-electron chi connectivity index (χ1n) is 8.52. The number of aliphatic imine (C=N–C) groups is 1. The van der Waals surface area contributed by atoms with E-state index in [0.717, 1.165) is 18.5 Å². The highest BCUT2D eigenvalue weighted by Crippen LogP contribution is 2.29. The Morgan fingerprint density at radius 2 is 1.55 bits per heavy atom. The van der Waals surface area contributed by atoms with Crippen molar-refractivity contribution in [1.29, 1.82) is 0 Å². The molecule has 0 atom stereocenters. The standard InChI is InChI=1S/C17H17N.2C2H6/c1-3-13-6-9-16-15(10-13)11-17(18-16)14-7-4-12(2)5-8-14;2*1-2/h4-10H,3,11H2,1-2H3;2*1-2H3. The number of aryl methyl sites for hydroxylation is 2. The lowest BCUT2D eigenvalue weighted by molar-refractivity contribution is 1.13. The van der Waals surface area contributed by atoms with Crippen LogP contribution in [-0.4, -0.2) is 5.71 Å². The Balaban J connectivity index is 0.000000561. The second kappa shape index (κ2) is 9.19. The minimum Gasteiger partial charge on any atom is -0.252 e. The van der Waals surface area contributed by atoms with E-state index in [1.54, 1.807) is 0 Å². The highest BCUT2D eigenvalue weighted by atomic mass is 14.8. The van der Waals surface area contributed by atoms with Crippen molar-refractivity contribution in [3.05, 3.63) is 64.7 Å². The van der Waals surface area contributed by atoms with Crippen molar-refractivity contribution in [3.8, 4) is 0 Å². The summed E-state index contributed by atoms with van der Waals surface area (Å²) in [5.74, 6) is 0. The number of nitrogens with zero attached hydrogens (tertiary/aromatic N) is 1. The fourth-order valence-electron chi connectivity index (χ4n) is 2.39. The summed E-state index contributed by atoms with van der Waals surface area (Å²) in [7, 11) is 0. The molecule has 1 aliphatic heterocycles. The predicted octanol–water partition coefficient (Wildman–Crippen LogP) is 6.29. The van der Waals surface area contributed by atoms with E-state index in [1.807, 2.05) is 27.7 Å². The van der Waals surface area contributed by atoms with Gasteiger partial charge in [-0.25, -0.2) is 0 Å². The van der Waals surface area contributed by atoms with E-state index in [-0.39, 0.29) is 0 Å². The first-order valence-corrected chi connectivity index (χ1v) is 8.52. The molecule has 1 heteroatoms. The topological polar surface area (TPSA) is 12.4 Å². The van der Waals surface area contributed by atoms with Gasteiger partial charge in [0.2, 0.25) is 0 Å². The van der Waals surface area contributed by atoms with Crippen LogP contribution in [0.1, 0.15) is 56.9 Å². The van der Waals surface area contributed by atoms with Crippen LogP contribution >= 0.6 is 0 Å². The highest BCUT2D eigenvalue weighted by molar-refractivity contribution is 6.06. The Labute approximate surface area is 136 Å². The van der Waals surface area contributed by atoms with Gasteiger partial charge in [-0.05, 0) is 36.1 Å². The lowest BCUT2D eigenvalue weighted by Crippen LogP contribution is -2.00. The summed E-state index contributed by atoms with van der Waals surface area (Å²) in [5, 5.41) is 0. The highest BCUT2D eigenvalue weighted by Gasteiger charge is 2.15. The molecule has 0 radical (unpaired) electrons. The predicted molar refractivity (Wildman–Crippen MR) is 99.6 cm³/mol. The van der Waals surface area contributed by atoms with Crippen LogP contribution in [0.25, 0.3) is 0 Å². The van der Waals surface area contributed by atoms with Gasteiger partial charge in [0.15, 0.2) is 0 Å². The largest absolute Gasteiger partial charge is 0.252 e. The molecule has 2 aromatic carbocycles. The lowest BCUT2D eigenvalue weighted by Gasteiger charge is -2.01. The van der Waals surface area contributed by atoms with Gasteiger partial charge in [-0.3, -0.25) is 4.99 Å². The van der Waals surface area contributed by atoms with Gasteiger partial charge in [0.1, 0.15) is 0 Å². The van der Waals surface area contributed by atoms with Crippen LogP contribution in [0.4, 0.5) is 5.69 Å².